The van der Waals surface area contributed by atoms with Crippen LogP contribution < -0.4 is 10.1 Å². The first-order valence-corrected chi connectivity index (χ1v) is 7.55. The molecular weight excluding hydrogens is 278 g/mol. The van der Waals surface area contributed by atoms with Gasteiger partial charge in [0.2, 0.25) is 0 Å². The van der Waals surface area contributed by atoms with Crippen LogP contribution in [0.1, 0.15) is 16.0 Å². The Hall–Kier alpha value is -1.03. The molecule has 2 rings (SSSR count). The zero-order valence-corrected chi connectivity index (χ0v) is 12.8. The maximum absolute atomic E-state index is 6.07. The Morgan fingerprint density at radius 1 is 1.26 bits per heavy atom. The number of hydrogen-bond donors (Lipinski definition) is 1. The summed E-state index contributed by atoms with van der Waals surface area (Å²) < 4.78 is 5.68. The van der Waals surface area contributed by atoms with E-state index in [1.165, 1.54) is 10.4 Å². The summed E-state index contributed by atoms with van der Waals surface area (Å²) in [5, 5.41) is 6.16. The Bertz CT molecular complexity index is 539. The van der Waals surface area contributed by atoms with E-state index in [4.69, 9.17) is 16.3 Å². The smallest absolute Gasteiger partial charge is 0.138 e. The van der Waals surface area contributed by atoms with E-state index in [0.717, 1.165) is 24.4 Å². The molecule has 19 heavy (non-hydrogen) atoms. The number of hydrogen-bond acceptors (Lipinski definition) is 3. The molecule has 102 valence electrons. The summed E-state index contributed by atoms with van der Waals surface area (Å²) in [7, 11) is 0. The highest BCUT2D eigenvalue weighted by atomic mass is 35.5. The molecule has 0 fully saturated rings. The molecule has 2 nitrogen and oxygen atoms in total. The molecule has 0 bridgehead atoms. The van der Waals surface area contributed by atoms with Crippen molar-refractivity contribution in [2.75, 3.05) is 13.2 Å². The van der Waals surface area contributed by atoms with Gasteiger partial charge in [-0.1, -0.05) is 17.7 Å². The fraction of sp³-hybridized carbons (Fsp3) is 0.333. The van der Waals surface area contributed by atoms with Crippen LogP contribution >= 0.6 is 22.9 Å². The predicted octanol–water partition coefficient (Wildman–Crippen LogP) is 4.19. The first-order chi connectivity index (χ1) is 9.16. The van der Waals surface area contributed by atoms with E-state index in [2.05, 4.69) is 23.7 Å². The quantitative estimate of drug-likeness (QED) is 0.807. The van der Waals surface area contributed by atoms with Gasteiger partial charge >= 0.3 is 0 Å². The molecule has 2 aromatic rings. The fourth-order valence-electron chi connectivity index (χ4n) is 1.74. The molecule has 0 aliphatic rings. The topological polar surface area (TPSA) is 21.3 Å². The monoisotopic (exact) mass is 295 g/mol. The van der Waals surface area contributed by atoms with Gasteiger partial charge in [0.15, 0.2) is 0 Å². The van der Waals surface area contributed by atoms with Crippen molar-refractivity contribution in [3.8, 4) is 5.75 Å². The third-order valence-corrected chi connectivity index (χ3v) is 4.21. The Labute approximate surface area is 123 Å². The maximum atomic E-state index is 6.07. The summed E-state index contributed by atoms with van der Waals surface area (Å²) in [6.07, 6.45) is 0. The molecule has 1 N–H and O–H groups in total. The number of benzene rings is 1. The molecule has 0 radical (unpaired) electrons. The molecular formula is C15H18ClNOS. The van der Waals surface area contributed by atoms with Gasteiger partial charge in [-0.25, -0.2) is 0 Å². The highest BCUT2D eigenvalue weighted by molar-refractivity contribution is 7.10. The number of aryl methyl sites for hydroxylation is 2. The lowest BCUT2D eigenvalue weighted by Crippen LogP contribution is -2.20. The maximum Gasteiger partial charge on any atom is 0.138 e. The normalized spacial score (nSPS) is 10.7. The zero-order valence-electron chi connectivity index (χ0n) is 11.2. The van der Waals surface area contributed by atoms with Crippen molar-refractivity contribution in [1.82, 2.24) is 5.32 Å². The van der Waals surface area contributed by atoms with Gasteiger partial charge < -0.3 is 10.1 Å². The third kappa shape index (κ3) is 4.23. The number of rotatable bonds is 6. The number of halogens is 1. The summed E-state index contributed by atoms with van der Waals surface area (Å²) >= 11 is 7.85. The van der Waals surface area contributed by atoms with Crippen molar-refractivity contribution in [2.24, 2.45) is 0 Å². The number of ether oxygens (including phenoxy) is 1. The lowest BCUT2D eigenvalue weighted by Gasteiger charge is -2.09. The van der Waals surface area contributed by atoms with Crippen LogP contribution in [0.3, 0.4) is 0 Å². The van der Waals surface area contributed by atoms with E-state index < -0.39 is 0 Å². The SMILES string of the molecule is Cc1ccc(Cl)c(OCCNCc2sccc2C)c1. The van der Waals surface area contributed by atoms with Gasteiger partial charge in [0.05, 0.1) is 5.02 Å². The first-order valence-electron chi connectivity index (χ1n) is 6.29. The van der Waals surface area contributed by atoms with Crippen molar-refractivity contribution in [3.63, 3.8) is 0 Å². The van der Waals surface area contributed by atoms with Crippen LogP contribution in [0, 0.1) is 13.8 Å². The average Bonchev–Trinajstić information content (AvgIpc) is 2.79. The minimum atomic E-state index is 0.619. The van der Waals surface area contributed by atoms with Gasteiger partial charge in [-0.3, -0.25) is 0 Å². The standard InChI is InChI=1S/C15H18ClNOS/c1-11-3-4-13(16)14(9-11)18-7-6-17-10-15-12(2)5-8-19-15/h3-5,8-9,17H,6-7,10H2,1-2H3. The molecule has 0 saturated carbocycles. The van der Waals surface area contributed by atoms with Crippen LogP contribution in [0.15, 0.2) is 29.6 Å². The fourth-order valence-corrected chi connectivity index (χ4v) is 2.79. The van der Waals surface area contributed by atoms with Gasteiger partial charge in [0.1, 0.15) is 12.4 Å². The molecule has 0 spiro atoms. The Balaban J connectivity index is 1.72. The Kier molecular flexibility index (Phi) is 5.25. The summed E-state index contributed by atoms with van der Waals surface area (Å²) in [6.45, 7) is 6.49. The molecule has 1 aromatic heterocycles. The van der Waals surface area contributed by atoms with Crippen molar-refractivity contribution < 1.29 is 4.74 Å². The highest BCUT2D eigenvalue weighted by Crippen LogP contribution is 2.24. The van der Waals surface area contributed by atoms with Crippen LogP contribution in [-0.4, -0.2) is 13.2 Å². The summed E-state index contributed by atoms with van der Waals surface area (Å²) in [6, 6.07) is 7.96. The second kappa shape index (κ2) is 6.94. The van der Waals surface area contributed by atoms with E-state index >= 15 is 0 Å². The van der Waals surface area contributed by atoms with Gasteiger partial charge in [0.25, 0.3) is 0 Å². The average molecular weight is 296 g/mol. The molecule has 0 unspecified atom stereocenters. The molecule has 0 aliphatic carbocycles. The Morgan fingerprint density at radius 3 is 2.84 bits per heavy atom. The van der Waals surface area contributed by atoms with Gasteiger partial charge in [0, 0.05) is 18.0 Å². The zero-order chi connectivity index (χ0) is 13.7. The van der Waals surface area contributed by atoms with Crippen LogP contribution in [0.5, 0.6) is 5.75 Å². The number of nitrogens with one attached hydrogen (secondary N) is 1. The van der Waals surface area contributed by atoms with Crippen molar-refractivity contribution in [1.29, 1.82) is 0 Å². The second-order valence-corrected chi connectivity index (χ2v) is 5.89. The number of thiophene rings is 1. The Morgan fingerprint density at radius 2 is 2.11 bits per heavy atom. The summed E-state index contributed by atoms with van der Waals surface area (Å²) in [5.74, 6) is 0.760. The van der Waals surface area contributed by atoms with E-state index in [-0.39, 0.29) is 0 Å². The molecule has 0 amide bonds. The van der Waals surface area contributed by atoms with Crippen LogP contribution in [0.25, 0.3) is 0 Å². The summed E-state index contributed by atoms with van der Waals surface area (Å²) in [5.41, 5.74) is 2.50. The summed E-state index contributed by atoms with van der Waals surface area (Å²) in [4.78, 5) is 1.38. The minimum absolute atomic E-state index is 0.619. The predicted molar refractivity (Wildman–Crippen MR) is 82.4 cm³/mol. The molecule has 1 heterocycles. The van der Waals surface area contributed by atoms with Crippen molar-refractivity contribution in [3.05, 3.63) is 50.7 Å². The largest absolute Gasteiger partial charge is 0.491 e. The second-order valence-electron chi connectivity index (χ2n) is 4.49. The van der Waals surface area contributed by atoms with E-state index in [1.807, 2.05) is 25.1 Å². The molecule has 0 aliphatic heterocycles. The third-order valence-electron chi connectivity index (χ3n) is 2.88. The van der Waals surface area contributed by atoms with Gasteiger partial charge in [-0.15, -0.1) is 11.3 Å². The van der Waals surface area contributed by atoms with Gasteiger partial charge in [-0.05, 0) is 48.6 Å². The van der Waals surface area contributed by atoms with E-state index in [9.17, 15) is 0 Å². The van der Waals surface area contributed by atoms with Crippen LogP contribution in [0.2, 0.25) is 5.02 Å². The molecule has 0 atom stereocenters. The van der Waals surface area contributed by atoms with Crippen LogP contribution in [0.4, 0.5) is 0 Å². The lowest BCUT2D eigenvalue weighted by atomic mass is 10.2. The molecule has 0 saturated heterocycles. The lowest BCUT2D eigenvalue weighted by molar-refractivity contribution is 0.314. The first kappa shape index (κ1) is 14.4. The molecule has 4 heteroatoms. The van der Waals surface area contributed by atoms with Gasteiger partial charge in [-0.2, -0.15) is 0 Å². The van der Waals surface area contributed by atoms with E-state index in [0.29, 0.717) is 11.6 Å². The highest BCUT2D eigenvalue weighted by Gasteiger charge is 2.02. The van der Waals surface area contributed by atoms with E-state index in [1.54, 1.807) is 11.3 Å². The van der Waals surface area contributed by atoms with Crippen LogP contribution in [-0.2, 0) is 6.54 Å². The van der Waals surface area contributed by atoms with Crippen molar-refractivity contribution in [2.45, 2.75) is 20.4 Å². The van der Waals surface area contributed by atoms with Crippen molar-refractivity contribution >= 4 is 22.9 Å². The minimum Gasteiger partial charge on any atom is -0.491 e. The molecule has 1 aromatic carbocycles.